The maximum Gasteiger partial charge on any atom is 0.290 e. The van der Waals surface area contributed by atoms with Gasteiger partial charge < -0.3 is 19.6 Å². The van der Waals surface area contributed by atoms with Crippen LogP contribution in [0.5, 0.6) is 0 Å². The van der Waals surface area contributed by atoms with Gasteiger partial charge in [0.1, 0.15) is 11.1 Å². The number of benzene rings is 1. The first-order chi connectivity index (χ1) is 14.0. The number of carbonyl (C=O) groups is 2. The van der Waals surface area contributed by atoms with Gasteiger partial charge in [0.25, 0.3) is 17.4 Å². The number of amides is 2. The number of hydrogen-bond donors (Lipinski definition) is 1. The number of aryl methyl sites for hydroxylation is 1. The number of hydrogen-bond acceptors (Lipinski definition) is 4. The average molecular weight is 391 g/mol. The minimum atomic E-state index is -0.700. The lowest BCUT2D eigenvalue weighted by Crippen LogP contribution is -2.40. The topological polar surface area (TPSA) is 98.5 Å². The highest BCUT2D eigenvalue weighted by molar-refractivity contribution is 5.99. The van der Waals surface area contributed by atoms with Crippen LogP contribution in [-0.2, 0) is 13.0 Å². The lowest BCUT2D eigenvalue weighted by atomic mass is 9.95. The Balaban J connectivity index is 1.53. The van der Waals surface area contributed by atoms with Gasteiger partial charge in [-0.3, -0.25) is 14.4 Å². The summed E-state index contributed by atoms with van der Waals surface area (Å²) in [6.07, 6.45) is 4.04. The number of nitrogens with two attached hydrogens (primary N) is 1. The molecule has 0 atom stereocenters. The van der Waals surface area contributed by atoms with Gasteiger partial charge in [0.15, 0.2) is 5.76 Å². The van der Waals surface area contributed by atoms with Crippen molar-refractivity contribution in [3.63, 3.8) is 0 Å². The molecule has 0 bridgehead atoms. The normalized spacial score (nSPS) is 16.1. The molecule has 3 aromatic rings. The van der Waals surface area contributed by atoms with Gasteiger partial charge in [-0.05, 0) is 43.4 Å². The maximum atomic E-state index is 13.2. The molecule has 0 spiro atoms. The third-order valence-corrected chi connectivity index (χ3v) is 5.94. The first-order valence-electron chi connectivity index (χ1n) is 9.79. The summed E-state index contributed by atoms with van der Waals surface area (Å²) in [7, 11) is 0. The molecule has 7 nitrogen and oxygen atoms in total. The van der Waals surface area contributed by atoms with Gasteiger partial charge in [-0.25, -0.2) is 0 Å². The molecule has 2 aliphatic rings. The van der Waals surface area contributed by atoms with Crippen molar-refractivity contribution < 1.29 is 14.0 Å². The molecule has 2 amide bonds. The zero-order chi connectivity index (χ0) is 20.3. The van der Waals surface area contributed by atoms with E-state index in [1.54, 1.807) is 15.7 Å². The van der Waals surface area contributed by atoms with Gasteiger partial charge in [-0.15, -0.1) is 0 Å². The molecule has 1 aliphatic carbocycles. The molecule has 0 saturated heterocycles. The van der Waals surface area contributed by atoms with Gasteiger partial charge in [0, 0.05) is 36.3 Å². The molecule has 2 N–H and O–H groups in total. The van der Waals surface area contributed by atoms with E-state index in [1.807, 2.05) is 31.2 Å². The van der Waals surface area contributed by atoms with E-state index >= 15 is 0 Å². The van der Waals surface area contributed by atoms with Crippen molar-refractivity contribution in [1.29, 1.82) is 0 Å². The molecular formula is C22H21N3O4. The van der Waals surface area contributed by atoms with Crippen molar-refractivity contribution >= 4 is 22.8 Å². The van der Waals surface area contributed by atoms with Crippen LogP contribution >= 0.6 is 0 Å². The van der Waals surface area contributed by atoms with E-state index in [0.717, 1.165) is 29.4 Å². The molecule has 1 fully saturated rings. The monoisotopic (exact) mass is 391 g/mol. The number of rotatable bonds is 3. The van der Waals surface area contributed by atoms with Gasteiger partial charge in [-0.1, -0.05) is 18.2 Å². The predicted molar refractivity (Wildman–Crippen MR) is 107 cm³/mol. The Labute approximate surface area is 166 Å². The van der Waals surface area contributed by atoms with Gasteiger partial charge >= 0.3 is 0 Å². The van der Waals surface area contributed by atoms with E-state index in [-0.39, 0.29) is 23.1 Å². The average Bonchev–Trinajstić information content (AvgIpc) is 3.50. The van der Waals surface area contributed by atoms with E-state index in [1.165, 1.54) is 0 Å². The second-order valence-electron chi connectivity index (χ2n) is 7.84. The Morgan fingerprint density at radius 3 is 2.66 bits per heavy atom. The van der Waals surface area contributed by atoms with Gasteiger partial charge in [0.2, 0.25) is 0 Å². The van der Waals surface area contributed by atoms with E-state index in [9.17, 15) is 14.4 Å². The number of fused-ring (bicyclic) bond motifs is 2. The van der Waals surface area contributed by atoms with Crippen molar-refractivity contribution in [3.05, 3.63) is 68.8 Å². The number of pyridine rings is 1. The zero-order valence-corrected chi connectivity index (χ0v) is 16.1. The molecule has 2 aromatic heterocycles. The lowest BCUT2D eigenvalue weighted by molar-refractivity contribution is 0.0703. The highest BCUT2D eigenvalue weighted by Gasteiger charge is 2.33. The van der Waals surface area contributed by atoms with Gasteiger partial charge in [0.05, 0.1) is 0 Å². The molecular weight excluding hydrogens is 370 g/mol. The molecule has 1 saturated carbocycles. The summed E-state index contributed by atoms with van der Waals surface area (Å²) in [4.78, 5) is 39.6. The van der Waals surface area contributed by atoms with Crippen LogP contribution in [-0.4, -0.2) is 27.8 Å². The minimum absolute atomic E-state index is 0.0708. The summed E-state index contributed by atoms with van der Waals surface area (Å²) in [6.45, 7) is 2.60. The van der Waals surface area contributed by atoms with Crippen LogP contribution in [0.15, 0.2) is 39.7 Å². The van der Waals surface area contributed by atoms with E-state index in [4.69, 9.17) is 10.2 Å². The number of primary amides is 1. The fraction of sp³-hybridized carbons (Fsp3) is 0.318. The molecule has 5 rings (SSSR count). The second kappa shape index (κ2) is 6.34. The van der Waals surface area contributed by atoms with Crippen LogP contribution in [0.2, 0.25) is 0 Å². The Morgan fingerprint density at radius 2 is 1.97 bits per heavy atom. The highest BCUT2D eigenvalue weighted by atomic mass is 16.3. The molecule has 7 heteroatoms. The Morgan fingerprint density at radius 1 is 1.21 bits per heavy atom. The summed E-state index contributed by atoms with van der Waals surface area (Å²) >= 11 is 0. The molecule has 148 valence electrons. The van der Waals surface area contributed by atoms with Crippen molar-refractivity contribution in [3.8, 4) is 0 Å². The van der Waals surface area contributed by atoms with Gasteiger partial charge in [-0.2, -0.15) is 0 Å². The number of para-hydroxylation sites is 1. The maximum absolute atomic E-state index is 13.2. The second-order valence-corrected chi connectivity index (χ2v) is 7.84. The fourth-order valence-electron chi connectivity index (χ4n) is 4.25. The summed E-state index contributed by atoms with van der Waals surface area (Å²) < 4.78 is 7.44. The van der Waals surface area contributed by atoms with E-state index in [0.29, 0.717) is 36.4 Å². The zero-order valence-electron chi connectivity index (χ0n) is 16.1. The summed E-state index contributed by atoms with van der Waals surface area (Å²) in [6, 6.07) is 7.69. The molecule has 0 unspecified atom stereocenters. The number of carbonyl (C=O) groups excluding carboxylic acids is 2. The van der Waals surface area contributed by atoms with E-state index < -0.39 is 5.91 Å². The molecule has 0 radical (unpaired) electrons. The van der Waals surface area contributed by atoms with Crippen LogP contribution in [0.1, 0.15) is 56.5 Å². The Kier molecular flexibility index (Phi) is 3.87. The largest absolute Gasteiger partial charge is 0.451 e. The van der Waals surface area contributed by atoms with Crippen LogP contribution in [0, 0.1) is 6.92 Å². The smallest absolute Gasteiger partial charge is 0.290 e. The third kappa shape index (κ3) is 2.76. The van der Waals surface area contributed by atoms with E-state index in [2.05, 4.69) is 0 Å². The minimum Gasteiger partial charge on any atom is -0.451 e. The van der Waals surface area contributed by atoms with Crippen molar-refractivity contribution in [2.24, 2.45) is 5.73 Å². The Bertz CT molecular complexity index is 1230. The molecule has 3 heterocycles. The van der Waals surface area contributed by atoms with Crippen molar-refractivity contribution in [2.45, 2.75) is 38.8 Å². The number of nitrogens with zero attached hydrogens (tertiary/aromatic N) is 2. The summed E-state index contributed by atoms with van der Waals surface area (Å²) in [5, 5.41) is 0.923. The van der Waals surface area contributed by atoms with Crippen LogP contribution in [0.25, 0.3) is 11.0 Å². The first-order valence-corrected chi connectivity index (χ1v) is 9.79. The first kappa shape index (κ1) is 17.7. The van der Waals surface area contributed by atoms with Crippen LogP contribution in [0.4, 0.5) is 0 Å². The van der Waals surface area contributed by atoms with Crippen molar-refractivity contribution in [2.75, 3.05) is 6.54 Å². The van der Waals surface area contributed by atoms with Crippen LogP contribution in [0.3, 0.4) is 0 Å². The molecule has 29 heavy (non-hydrogen) atoms. The predicted octanol–water partition coefficient (Wildman–Crippen LogP) is 2.54. The Hall–Kier alpha value is -3.35. The van der Waals surface area contributed by atoms with Crippen molar-refractivity contribution in [1.82, 2.24) is 9.47 Å². The lowest BCUT2D eigenvalue weighted by Gasteiger charge is -2.30. The number of furan rings is 1. The third-order valence-electron chi connectivity index (χ3n) is 5.94. The SMILES string of the molecule is Cc1c(C(=O)N2CCc3c(cn(C4CC4)c(=O)c3C(N)=O)C2)oc2ccccc12. The molecule has 1 aliphatic heterocycles. The standard InChI is InChI=1S/C22H21N3O4/c1-12-15-4-2-3-5-17(15)29-19(12)22(28)24-9-8-16-13(10-24)11-25(14-6-7-14)21(27)18(16)20(23)26/h2-5,11,14H,6-10H2,1H3,(H2,23,26). The quantitative estimate of drug-likeness (QED) is 0.742. The fourth-order valence-corrected chi connectivity index (χ4v) is 4.25. The number of aromatic nitrogens is 1. The summed E-state index contributed by atoms with van der Waals surface area (Å²) in [5.41, 5.74) is 8.26. The summed E-state index contributed by atoms with van der Waals surface area (Å²) in [5.74, 6) is -0.552. The highest BCUT2D eigenvalue weighted by Crippen LogP contribution is 2.35. The van der Waals surface area contributed by atoms with Crippen LogP contribution < -0.4 is 11.3 Å². The molecule has 1 aromatic carbocycles.